The SMILES string of the molecule is CC(=O)N[C@@H](Cc1ccc(C(F)(F)P(=O)(O)O)cc1)C(=O)N[C@@H]1CCCCN(Cc2ccc(-c3ccccc3)cc2)C1=O. The molecule has 1 saturated heterocycles. The Bertz CT molecular complexity index is 1480. The molecule has 1 fully saturated rings. The molecule has 3 aromatic carbocycles. The standard InChI is InChI=1S/C31H34F2N3O6P/c1-21(37)34-28(19-22-12-16-26(17-13-22)31(32,33)43(40,41)42)29(38)35-27-9-5-6-18-36(30(27)39)20-23-10-14-25(15-11-23)24-7-3-2-4-8-24/h2-4,7-8,10-17,27-28H,5-6,9,18-20H2,1H3,(H,34,37)(H,35,38)(H2,40,41,42)/t27-,28+/m1/s1. The quantitative estimate of drug-likeness (QED) is 0.252. The molecule has 0 spiro atoms. The number of hydrogen-bond acceptors (Lipinski definition) is 4. The monoisotopic (exact) mass is 613 g/mol. The number of likely N-dealkylation sites (tertiary alicyclic amines) is 1. The Kier molecular flexibility index (Phi) is 10.1. The van der Waals surface area contributed by atoms with Crippen LogP contribution in [-0.4, -0.2) is 51.0 Å². The van der Waals surface area contributed by atoms with Gasteiger partial charge in [-0.3, -0.25) is 18.9 Å². The maximum absolute atomic E-state index is 14.0. The second kappa shape index (κ2) is 13.6. The highest BCUT2D eigenvalue weighted by atomic mass is 31.2. The van der Waals surface area contributed by atoms with Crippen molar-refractivity contribution in [3.63, 3.8) is 0 Å². The third kappa shape index (κ3) is 8.13. The van der Waals surface area contributed by atoms with Crippen LogP contribution in [-0.2, 0) is 37.6 Å². The minimum Gasteiger partial charge on any atom is -0.344 e. The summed E-state index contributed by atoms with van der Waals surface area (Å²) in [5.74, 6) is -1.34. The van der Waals surface area contributed by atoms with E-state index in [0.29, 0.717) is 31.5 Å². The van der Waals surface area contributed by atoms with Crippen molar-refractivity contribution in [3.05, 3.63) is 95.6 Å². The minimum atomic E-state index is -5.73. The van der Waals surface area contributed by atoms with Crippen molar-refractivity contribution in [1.82, 2.24) is 15.5 Å². The van der Waals surface area contributed by atoms with Gasteiger partial charge < -0.3 is 25.3 Å². The Morgan fingerprint density at radius 1 is 0.953 bits per heavy atom. The van der Waals surface area contributed by atoms with E-state index in [4.69, 9.17) is 9.79 Å². The molecule has 1 aliphatic rings. The lowest BCUT2D eigenvalue weighted by molar-refractivity contribution is -0.137. The fourth-order valence-corrected chi connectivity index (χ4v) is 5.51. The molecule has 228 valence electrons. The van der Waals surface area contributed by atoms with Gasteiger partial charge >= 0.3 is 13.3 Å². The predicted molar refractivity (Wildman–Crippen MR) is 157 cm³/mol. The van der Waals surface area contributed by atoms with Crippen LogP contribution in [0.15, 0.2) is 78.9 Å². The molecule has 1 heterocycles. The largest absolute Gasteiger partial charge is 0.399 e. The van der Waals surface area contributed by atoms with E-state index in [1.54, 1.807) is 4.90 Å². The first-order valence-corrected chi connectivity index (χ1v) is 15.5. The van der Waals surface area contributed by atoms with Crippen LogP contribution in [0.3, 0.4) is 0 Å². The summed E-state index contributed by atoms with van der Waals surface area (Å²) in [6, 6.07) is 20.1. The third-order valence-corrected chi connectivity index (χ3v) is 8.32. The molecule has 4 N–H and O–H groups in total. The molecule has 43 heavy (non-hydrogen) atoms. The molecule has 9 nitrogen and oxygen atoms in total. The maximum atomic E-state index is 14.0. The van der Waals surface area contributed by atoms with Crippen molar-refractivity contribution in [2.45, 2.75) is 56.9 Å². The molecule has 1 aliphatic heterocycles. The molecule has 4 rings (SSSR count). The number of halogens is 2. The van der Waals surface area contributed by atoms with Crippen molar-refractivity contribution >= 4 is 25.3 Å². The molecule has 0 radical (unpaired) electrons. The highest BCUT2D eigenvalue weighted by molar-refractivity contribution is 7.52. The minimum absolute atomic E-state index is 0.0917. The zero-order valence-electron chi connectivity index (χ0n) is 23.6. The summed E-state index contributed by atoms with van der Waals surface area (Å²) in [4.78, 5) is 58.3. The third-order valence-electron chi connectivity index (χ3n) is 7.33. The first-order valence-electron chi connectivity index (χ1n) is 13.9. The van der Waals surface area contributed by atoms with Crippen LogP contribution >= 0.6 is 7.60 Å². The highest BCUT2D eigenvalue weighted by Crippen LogP contribution is 2.59. The summed E-state index contributed by atoms with van der Waals surface area (Å²) in [6.07, 6.45) is 1.81. The lowest BCUT2D eigenvalue weighted by Crippen LogP contribution is -2.54. The summed E-state index contributed by atoms with van der Waals surface area (Å²) < 4.78 is 39.2. The van der Waals surface area contributed by atoms with E-state index in [1.807, 2.05) is 54.6 Å². The van der Waals surface area contributed by atoms with E-state index in [9.17, 15) is 27.7 Å². The second-order valence-electron chi connectivity index (χ2n) is 10.6. The molecule has 0 aromatic heterocycles. The van der Waals surface area contributed by atoms with Gasteiger partial charge in [0.05, 0.1) is 0 Å². The number of carbonyl (C=O) groups excluding carboxylic acids is 3. The first-order chi connectivity index (χ1) is 20.3. The normalized spacial score (nSPS) is 16.7. The van der Waals surface area contributed by atoms with Gasteiger partial charge in [-0.15, -0.1) is 0 Å². The number of rotatable bonds is 10. The van der Waals surface area contributed by atoms with Crippen molar-refractivity contribution in [2.75, 3.05) is 6.54 Å². The second-order valence-corrected chi connectivity index (χ2v) is 12.3. The van der Waals surface area contributed by atoms with Crippen molar-refractivity contribution in [2.24, 2.45) is 0 Å². The van der Waals surface area contributed by atoms with Gasteiger partial charge in [0, 0.05) is 32.0 Å². The van der Waals surface area contributed by atoms with Gasteiger partial charge in [-0.05, 0) is 41.5 Å². The number of nitrogens with one attached hydrogen (secondary N) is 2. The van der Waals surface area contributed by atoms with Gasteiger partial charge in [-0.1, -0.05) is 78.9 Å². The van der Waals surface area contributed by atoms with E-state index in [2.05, 4.69) is 10.6 Å². The number of nitrogens with zero attached hydrogens (tertiary/aromatic N) is 1. The maximum Gasteiger partial charge on any atom is 0.399 e. The van der Waals surface area contributed by atoms with Crippen molar-refractivity contribution in [1.29, 1.82) is 0 Å². The van der Waals surface area contributed by atoms with Crippen LogP contribution in [0.2, 0.25) is 0 Å². The average Bonchev–Trinajstić information content (AvgIpc) is 3.13. The van der Waals surface area contributed by atoms with Gasteiger partial charge in [0.2, 0.25) is 17.7 Å². The Balaban J connectivity index is 1.43. The molecule has 2 atom stereocenters. The number of hydrogen-bond donors (Lipinski definition) is 4. The highest BCUT2D eigenvalue weighted by Gasteiger charge is 2.50. The summed E-state index contributed by atoms with van der Waals surface area (Å²) in [7, 11) is -5.73. The molecule has 3 amide bonds. The smallest absolute Gasteiger partial charge is 0.344 e. The molecule has 3 aromatic rings. The Hall–Kier alpha value is -3.92. The Morgan fingerprint density at radius 2 is 1.56 bits per heavy atom. The summed E-state index contributed by atoms with van der Waals surface area (Å²) in [6.45, 7) is 2.14. The van der Waals surface area contributed by atoms with E-state index in [0.717, 1.165) is 35.2 Å². The average molecular weight is 614 g/mol. The molecule has 12 heteroatoms. The van der Waals surface area contributed by atoms with E-state index < -0.39 is 42.7 Å². The lowest BCUT2D eigenvalue weighted by atomic mass is 10.0. The molecule has 0 saturated carbocycles. The first kappa shape index (κ1) is 32.0. The fraction of sp³-hybridized carbons (Fsp3) is 0.323. The van der Waals surface area contributed by atoms with Crippen molar-refractivity contribution < 1.29 is 37.5 Å². The Morgan fingerprint density at radius 3 is 2.16 bits per heavy atom. The van der Waals surface area contributed by atoms with E-state index in [1.165, 1.54) is 19.1 Å². The van der Waals surface area contributed by atoms with E-state index in [-0.39, 0.29) is 12.3 Å². The number of benzene rings is 3. The van der Waals surface area contributed by atoms with Gasteiger partial charge in [0.1, 0.15) is 12.1 Å². The molecule has 0 unspecified atom stereocenters. The molecule has 0 aliphatic carbocycles. The zero-order chi connectivity index (χ0) is 31.2. The Labute approximate surface area is 248 Å². The zero-order valence-corrected chi connectivity index (χ0v) is 24.5. The van der Waals surface area contributed by atoms with E-state index >= 15 is 0 Å². The van der Waals surface area contributed by atoms with Crippen LogP contribution in [0.4, 0.5) is 8.78 Å². The molecular formula is C31H34F2N3O6P. The predicted octanol–water partition coefficient (Wildman–Crippen LogP) is 4.33. The summed E-state index contributed by atoms with van der Waals surface area (Å²) >= 11 is 0. The van der Waals surface area contributed by atoms with Crippen LogP contribution < -0.4 is 10.6 Å². The fourth-order valence-electron chi connectivity index (χ4n) is 5.02. The van der Waals surface area contributed by atoms with Crippen LogP contribution in [0.5, 0.6) is 0 Å². The van der Waals surface area contributed by atoms with Gasteiger partial charge in [-0.2, -0.15) is 8.78 Å². The van der Waals surface area contributed by atoms with Gasteiger partial charge in [-0.25, -0.2) is 0 Å². The van der Waals surface area contributed by atoms with Crippen LogP contribution in [0.1, 0.15) is 42.9 Å². The van der Waals surface area contributed by atoms with Crippen molar-refractivity contribution in [3.8, 4) is 11.1 Å². The van der Waals surface area contributed by atoms with Crippen LogP contribution in [0.25, 0.3) is 11.1 Å². The van der Waals surface area contributed by atoms with Gasteiger partial charge in [0.15, 0.2) is 0 Å². The summed E-state index contributed by atoms with van der Waals surface area (Å²) in [5.41, 5.74) is -1.77. The number of amides is 3. The van der Waals surface area contributed by atoms with Gasteiger partial charge in [0.25, 0.3) is 0 Å². The summed E-state index contributed by atoms with van der Waals surface area (Å²) in [5, 5.41) is 5.31. The topological polar surface area (TPSA) is 136 Å². The number of alkyl halides is 2. The number of carbonyl (C=O) groups is 3. The molecular weight excluding hydrogens is 579 g/mol. The molecule has 0 bridgehead atoms. The van der Waals surface area contributed by atoms with Crippen LogP contribution in [0, 0.1) is 0 Å². The lowest BCUT2D eigenvalue weighted by Gasteiger charge is -2.27.